The Bertz CT molecular complexity index is 648. The first-order valence-corrected chi connectivity index (χ1v) is 24.0. The van der Waals surface area contributed by atoms with E-state index in [0.29, 0.717) is 12.8 Å². The first kappa shape index (κ1) is 50.4. The molecule has 0 saturated carbocycles. The number of hydrogen-bond donors (Lipinski definition) is 2. The molecular formula is C48H96O3. The van der Waals surface area contributed by atoms with Crippen molar-refractivity contribution >= 4 is 5.97 Å². The number of unbranched alkanes of at least 4 members (excludes halogenated alkanes) is 39. The van der Waals surface area contributed by atoms with E-state index in [2.05, 4.69) is 13.8 Å². The second kappa shape index (κ2) is 43.8. The average Bonchev–Trinajstić information content (AvgIpc) is 3.12. The number of aliphatic hydroxyl groups is 1. The van der Waals surface area contributed by atoms with Crippen LogP contribution in [0.4, 0.5) is 0 Å². The summed E-state index contributed by atoms with van der Waals surface area (Å²) in [6.45, 7) is 4.59. The lowest BCUT2D eigenvalue weighted by atomic mass is 9.91. The van der Waals surface area contributed by atoms with Crippen molar-refractivity contribution in [3.8, 4) is 0 Å². The maximum atomic E-state index is 11.8. The Balaban J connectivity index is 3.44. The second-order valence-corrected chi connectivity index (χ2v) is 16.9. The summed E-state index contributed by atoms with van der Waals surface area (Å²) in [5.41, 5.74) is 0. The maximum Gasteiger partial charge on any atom is 0.309 e. The van der Waals surface area contributed by atoms with Crippen LogP contribution in [0.5, 0.6) is 0 Å². The van der Waals surface area contributed by atoms with Crippen LogP contribution >= 0.6 is 0 Å². The molecule has 2 atom stereocenters. The molecule has 0 aromatic carbocycles. The molecule has 0 rings (SSSR count). The molecule has 0 aliphatic heterocycles. The minimum Gasteiger partial charge on any atom is -0.481 e. The third-order valence-corrected chi connectivity index (χ3v) is 11.8. The maximum absolute atomic E-state index is 11.8. The standard InChI is InChI=1S/C48H96O3/c1-3-5-7-9-11-13-15-17-19-21-23-25-27-29-31-33-35-37-39-41-43-45-47(49)46(48(50)51)44-42-40-38-36-34-32-30-28-26-24-22-20-18-16-14-12-10-8-6-4-2/h46-47,49H,3-45H2,1-2H3,(H,50,51). The summed E-state index contributed by atoms with van der Waals surface area (Å²) in [5.74, 6) is -1.38. The second-order valence-electron chi connectivity index (χ2n) is 16.9. The van der Waals surface area contributed by atoms with Gasteiger partial charge in [-0.05, 0) is 12.8 Å². The molecule has 306 valence electrons. The highest BCUT2D eigenvalue weighted by molar-refractivity contribution is 5.70. The lowest BCUT2D eigenvalue weighted by molar-refractivity contribution is -0.146. The third kappa shape index (κ3) is 40.5. The SMILES string of the molecule is CCCCCCCCCCCCCCCCCCCCCCCC(O)C(CCCCCCCCCCCCCCCCCCCCCC)C(=O)O. The average molecular weight is 721 g/mol. The number of aliphatic hydroxyl groups excluding tert-OH is 1. The monoisotopic (exact) mass is 721 g/mol. The van der Waals surface area contributed by atoms with Gasteiger partial charge in [0.05, 0.1) is 12.0 Å². The molecule has 0 amide bonds. The lowest BCUT2D eigenvalue weighted by Gasteiger charge is -2.19. The summed E-state index contributed by atoms with van der Waals surface area (Å²) in [7, 11) is 0. The van der Waals surface area contributed by atoms with Gasteiger partial charge in [-0.15, -0.1) is 0 Å². The molecule has 51 heavy (non-hydrogen) atoms. The minimum atomic E-state index is -0.802. The Morgan fingerprint density at radius 2 is 0.490 bits per heavy atom. The van der Waals surface area contributed by atoms with Gasteiger partial charge in [-0.1, -0.05) is 277 Å². The molecule has 3 nitrogen and oxygen atoms in total. The highest BCUT2D eigenvalue weighted by Gasteiger charge is 2.25. The Morgan fingerprint density at radius 3 is 0.686 bits per heavy atom. The molecule has 0 aromatic rings. The number of hydrogen-bond acceptors (Lipinski definition) is 2. The van der Waals surface area contributed by atoms with Crippen molar-refractivity contribution in [2.24, 2.45) is 5.92 Å². The first-order valence-electron chi connectivity index (χ1n) is 24.0. The number of carbonyl (C=O) groups is 1. The lowest BCUT2D eigenvalue weighted by Crippen LogP contribution is -2.28. The number of carboxylic acids is 1. The van der Waals surface area contributed by atoms with E-state index in [4.69, 9.17) is 0 Å². The zero-order chi connectivity index (χ0) is 37.1. The Labute approximate surface area is 322 Å². The van der Waals surface area contributed by atoms with E-state index in [0.717, 1.165) is 25.7 Å². The molecule has 2 unspecified atom stereocenters. The summed E-state index contributed by atoms with van der Waals surface area (Å²) >= 11 is 0. The molecule has 0 heterocycles. The van der Waals surface area contributed by atoms with Crippen LogP contribution in [0.25, 0.3) is 0 Å². The molecule has 3 heteroatoms. The summed E-state index contributed by atoms with van der Waals surface area (Å²) in [5, 5.41) is 20.3. The van der Waals surface area contributed by atoms with Gasteiger partial charge in [0.15, 0.2) is 0 Å². The van der Waals surface area contributed by atoms with Crippen molar-refractivity contribution in [1.82, 2.24) is 0 Å². The minimum absolute atomic E-state index is 0.578. The first-order chi connectivity index (χ1) is 25.1. The summed E-state index contributed by atoms with van der Waals surface area (Å²) in [4.78, 5) is 11.8. The predicted octanol–water partition coefficient (Wildman–Crippen LogP) is 16.9. The predicted molar refractivity (Wildman–Crippen MR) is 227 cm³/mol. The van der Waals surface area contributed by atoms with Gasteiger partial charge in [0, 0.05) is 0 Å². The number of rotatable bonds is 45. The van der Waals surface area contributed by atoms with E-state index in [1.165, 1.54) is 238 Å². The van der Waals surface area contributed by atoms with Crippen LogP contribution in [-0.2, 0) is 4.79 Å². The van der Waals surface area contributed by atoms with E-state index in [1.54, 1.807) is 0 Å². The smallest absolute Gasteiger partial charge is 0.309 e. The zero-order valence-electron chi connectivity index (χ0n) is 35.4. The third-order valence-electron chi connectivity index (χ3n) is 11.8. The highest BCUT2D eigenvalue weighted by Crippen LogP contribution is 2.22. The van der Waals surface area contributed by atoms with E-state index >= 15 is 0 Å². The molecule has 0 bridgehead atoms. The van der Waals surface area contributed by atoms with Gasteiger partial charge < -0.3 is 10.2 Å². The van der Waals surface area contributed by atoms with Crippen LogP contribution < -0.4 is 0 Å². The largest absolute Gasteiger partial charge is 0.481 e. The van der Waals surface area contributed by atoms with Crippen LogP contribution in [0.3, 0.4) is 0 Å². The van der Waals surface area contributed by atoms with Gasteiger partial charge in [0.25, 0.3) is 0 Å². The zero-order valence-corrected chi connectivity index (χ0v) is 35.4. The Hall–Kier alpha value is -0.570. The van der Waals surface area contributed by atoms with Crippen molar-refractivity contribution in [3.63, 3.8) is 0 Å². The molecule has 0 fully saturated rings. The number of aliphatic carboxylic acids is 1. The van der Waals surface area contributed by atoms with Crippen molar-refractivity contribution in [1.29, 1.82) is 0 Å². The fourth-order valence-corrected chi connectivity index (χ4v) is 8.09. The molecular weight excluding hydrogens is 625 g/mol. The van der Waals surface area contributed by atoms with Gasteiger partial charge >= 0.3 is 5.97 Å². The Kier molecular flexibility index (Phi) is 43.3. The quantitative estimate of drug-likeness (QED) is 0.0616. The van der Waals surface area contributed by atoms with Crippen LogP contribution in [0.2, 0.25) is 0 Å². The van der Waals surface area contributed by atoms with E-state index in [-0.39, 0.29) is 0 Å². The van der Waals surface area contributed by atoms with E-state index in [9.17, 15) is 15.0 Å². The van der Waals surface area contributed by atoms with E-state index < -0.39 is 18.0 Å². The van der Waals surface area contributed by atoms with Crippen molar-refractivity contribution in [3.05, 3.63) is 0 Å². The van der Waals surface area contributed by atoms with Gasteiger partial charge in [0.2, 0.25) is 0 Å². The Morgan fingerprint density at radius 1 is 0.314 bits per heavy atom. The number of carboxylic acid groups (broad SMARTS) is 1. The molecule has 0 radical (unpaired) electrons. The fraction of sp³-hybridized carbons (Fsp3) is 0.979. The molecule has 0 aliphatic rings. The van der Waals surface area contributed by atoms with Gasteiger partial charge in [0.1, 0.15) is 0 Å². The van der Waals surface area contributed by atoms with Gasteiger partial charge in [-0.25, -0.2) is 0 Å². The van der Waals surface area contributed by atoms with Crippen LogP contribution in [0, 0.1) is 5.92 Å². The van der Waals surface area contributed by atoms with Crippen molar-refractivity contribution in [2.45, 2.75) is 296 Å². The van der Waals surface area contributed by atoms with Crippen LogP contribution in [-0.4, -0.2) is 22.3 Å². The topological polar surface area (TPSA) is 57.5 Å². The van der Waals surface area contributed by atoms with Crippen LogP contribution in [0.15, 0.2) is 0 Å². The van der Waals surface area contributed by atoms with Crippen LogP contribution in [0.1, 0.15) is 290 Å². The summed E-state index contributed by atoms with van der Waals surface area (Å²) in [6, 6.07) is 0. The van der Waals surface area contributed by atoms with Crippen molar-refractivity contribution in [2.75, 3.05) is 0 Å². The fourth-order valence-electron chi connectivity index (χ4n) is 8.09. The molecule has 0 aliphatic carbocycles. The van der Waals surface area contributed by atoms with Crippen molar-refractivity contribution < 1.29 is 15.0 Å². The normalized spacial score (nSPS) is 12.8. The van der Waals surface area contributed by atoms with E-state index in [1.807, 2.05) is 0 Å². The highest BCUT2D eigenvalue weighted by atomic mass is 16.4. The summed E-state index contributed by atoms with van der Waals surface area (Å²) < 4.78 is 0. The van der Waals surface area contributed by atoms with Gasteiger partial charge in [-0.3, -0.25) is 4.79 Å². The summed E-state index contributed by atoms with van der Waals surface area (Å²) in [6.07, 6.45) is 56.5. The molecule has 0 aromatic heterocycles. The molecule has 0 spiro atoms. The molecule has 2 N–H and O–H groups in total. The molecule has 0 saturated heterocycles. The van der Waals surface area contributed by atoms with Gasteiger partial charge in [-0.2, -0.15) is 0 Å².